The van der Waals surface area contributed by atoms with Gasteiger partial charge in [0.05, 0.1) is 21.4 Å². The second kappa shape index (κ2) is 5.48. The predicted molar refractivity (Wildman–Crippen MR) is 72.1 cm³/mol. The SMILES string of the molecule is Cc1ccc(S(=O)Cc2cc(F)cc(F)c2)c(N)c1. The van der Waals surface area contributed by atoms with Crippen molar-refractivity contribution in [2.45, 2.75) is 17.6 Å². The first-order chi connectivity index (χ1) is 8.95. The van der Waals surface area contributed by atoms with E-state index in [1.807, 2.05) is 6.92 Å². The van der Waals surface area contributed by atoms with Crippen LogP contribution in [0.25, 0.3) is 0 Å². The maximum atomic E-state index is 13.0. The van der Waals surface area contributed by atoms with Crippen molar-refractivity contribution < 1.29 is 13.0 Å². The molecule has 0 bridgehead atoms. The van der Waals surface area contributed by atoms with Crippen LogP contribution in [0.15, 0.2) is 41.3 Å². The molecule has 0 fully saturated rings. The molecule has 1 unspecified atom stereocenters. The van der Waals surface area contributed by atoms with Gasteiger partial charge in [-0.05, 0) is 42.3 Å². The summed E-state index contributed by atoms with van der Waals surface area (Å²) >= 11 is 0. The summed E-state index contributed by atoms with van der Waals surface area (Å²) in [6, 6.07) is 8.33. The van der Waals surface area contributed by atoms with E-state index in [0.717, 1.165) is 11.6 Å². The minimum atomic E-state index is -1.43. The lowest BCUT2D eigenvalue weighted by atomic mass is 10.2. The summed E-state index contributed by atoms with van der Waals surface area (Å²) in [5, 5.41) is 0. The fourth-order valence-electron chi connectivity index (χ4n) is 1.80. The molecule has 2 nitrogen and oxygen atoms in total. The Kier molecular flexibility index (Phi) is 3.95. The molecule has 2 aromatic rings. The first kappa shape index (κ1) is 13.7. The standard InChI is InChI=1S/C14H13F2NOS/c1-9-2-3-14(13(17)4-9)19(18)8-10-5-11(15)7-12(16)6-10/h2-7H,8,17H2,1H3. The van der Waals surface area contributed by atoms with E-state index in [-0.39, 0.29) is 5.75 Å². The molecule has 0 heterocycles. The summed E-state index contributed by atoms with van der Waals surface area (Å²) in [5.41, 5.74) is 7.53. The summed E-state index contributed by atoms with van der Waals surface area (Å²) < 4.78 is 38.3. The zero-order valence-corrected chi connectivity index (χ0v) is 11.1. The maximum absolute atomic E-state index is 13.0. The van der Waals surface area contributed by atoms with Gasteiger partial charge < -0.3 is 5.73 Å². The third-order valence-electron chi connectivity index (χ3n) is 2.63. The molecule has 2 rings (SSSR count). The lowest BCUT2D eigenvalue weighted by molar-refractivity contribution is 0.581. The van der Waals surface area contributed by atoms with Crippen LogP contribution in [-0.4, -0.2) is 4.21 Å². The van der Waals surface area contributed by atoms with Crippen molar-refractivity contribution in [1.29, 1.82) is 0 Å². The van der Waals surface area contributed by atoms with E-state index >= 15 is 0 Å². The zero-order chi connectivity index (χ0) is 14.0. The van der Waals surface area contributed by atoms with Gasteiger partial charge in [-0.2, -0.15) is 0 Å². The van der Waals surface area contributed by atoms with Crippen molar-refractivity contribution in [1.82, 2.24) is 0 Å². The van der Waals surface area contributed by atoms with Gasteiger partial charge in [0.2, 0.25) is 0 Å². The highest BCUT2D eigenvalue weighted by atomic mass is 32.2. The van der Waals surface area contributed by atoms with Gasteiger partial charge in [-0.15, -0.1) is 0 Å². The summed E-state index contributed by atoms with van der Waals surface area (Å²) in [6.07, 6.45) is 0. The molecule has 0 aliphatic carbocycles. The van der Waals surface area contributed by atoms with Gasteiger partial charge in [-0.3, -0.25) is 4.21 Å². The Labute approximate surface area is 112 Å². The Morgan fingerprint density at radius 1 is 1.11 bits per heavy atom. The first-order valence-electron chi connectivity index (χ1n) is 5.65. The number of anilines is 1. The molecule has 0 amide bonds. The van der Waals surface area contributed by atoms with Crippen molar-refractivity contribution >= 4 is 16.5 Å². The number of benzene rings is 2. The first-order valence-corrected chi connectivity index (χ1v) is 6.97. The molecule has 0 spiro atoms. The van der Waals surface area contributed by atoms with Gasteiger partial charge in [-0.25, -0.2) is 8.78 Å². The van der Waals surface area contributed by atoms with E-state index in [1.165, 1.54) is 12.1 Å². The second-order valence-corrected chi connectivity index (χ2v) is 5.73. The number of nitrogen functional groups attached to an aromatic ring is 1. The van der Waals surface area contributed by atoms with Crippen LogP contribution in [0.3, 0.4) is 0 Å². The fraction of sp³-hybridized carbons (Fsp3) is 0.143. The lowest BCUT2D eigenvalue weighted by Crippen LogP contribution is -2.02. The summed E-state index contributed by atoms with van der Waals surface area (Å²) in [5.74, 6) is -1.32. The van der Waals surface area contributed by atoms with E-state index in [4.69, 9.17) is 5.73 Å². The zero-order valence-electron chi connectivity index (χ0n) is 10.3. The molecule has 0 saturated heterocycles. The number of hydrogen-bond acceptors (Lipinski definition) is 2. The molecule has 0 aromatic heterocycles. The molecular weight excluding hydrogens is 268 g/mol. The highest BCUT2D eigenvalue weighted by molar-refractivity contribution is 7.84. The normalized spacial score (nSPS) is 12.4. The Hall–Kier alpha value is -1.75. The molecule has 5 heteroatoms. The van der Waals surface area contributed by atoms with Crippen molar-refractivity contribution in [3.05, 3.63) is 59.2 Å². The van der Waals surface area contributed by atoms with Gasteiger partial charge in [0.15, 0.2) is 0 Å². The second-order valence-electron chi connectivity index (χ2n) is 4.31. The Balaban J connectivity index is 2.25. The average Bonchev–Trinajstić information content (AvgIpc) is 2.26. The van der Waals surface area contributed by atoms with Crippen molar-refractivity contribution in [3.63, 3.8) is 0 Å². The number of hydrogen-bond donors (Lipinski definition) is 1. The molecule has 19 heavy (non-hydrogen) atoms. The topological polar surface area (TPSA) is 43.1 Å². The van der Waals surface area contributed by atoms with E-state index in [2.05, 4.69) is 0 Å². The van der Waals surface area contributed by atoms with E-state index in [1.54, 1.807) is 18.2 Å². The minimum Gasteiger partial charge on any atom is -0.398 e. The van der Waals surface area contributed by atoms with E-state index in [0.29, 0.717) is 16.1 Å². The largest absolute Gasteiger partial charge is 0.398 e. The molecule has 2 aromatic carbocycles. The van der Waals surface area contributed by atoms with Crippen LogP contribution in [0.2, 0.25) is 0 Å². The van der Waals surface area contributed by atoms with Crippen LogP contribution in [0.1, 0.15) is 11.1 Å². The number of halogens is 2. The summed E-state index contributed by atoms with van der Waals surface area (Å²) in [6.45, 7) is 1.88. The third-order valence-corrected chi connectivity index (χ3v) is 4.09. The van der Waals surface area contributed by atoms with Gasteiger partial charge in [0, 0.05) is 11.8 Å². The molecule has 0 radical (unpaired) electrons. The van der Waals surface area contributed by atoms with Crippen LogP contribution in [0.5, 0.6) is 0 Å². The van der Waals surface area contributed by atoms with Crippen LogP contribution < -0.4 is 5.73 Å². The third kappa shape index (κ3) is 3.38. The molecule has 0 aliphatic rings. The molecule has 1 atom stereocenters. The number of aryl methyl sites for hydroxylation is 1. The van der Waals surface area contributed by atoms with Crippen LogP contribution in [0, 0.1) is 18.6 Å². The highest BCUT2D eigenvalue weighted by Crippen LogP contribution is 2.21. The minimum absolute atomic E-state index is 0.0297. The molecule has 0 saturated carbocycles. The van der Waals surface area contributed by atoms with Crippen LogP contribution in [-0.2, 0) is 16.6 Å². The van der Waals surface area contributed by atoms with Crippen molar-refractivity contribution in [2.75, 3.05) is 5.73 Å². The Morgan fingerprint density at radius 3 is 2.32 bits per heavy atom. The quantitative estimate of drug-likeness (QED) is 0.878. The Morgan fingerprint density at radius 2 is 1.74 bits per heavy atom. The number of rotatable bonds is 3. The Bertz CT molecular complexity index is 623. The van der Waals surface area contributed by atoms with Gasteiger partial charge >= 0.3 is 0 Å². The van der Waals surface area contributed by atoms with Crippen molar-refractivity contribution in [3.8, 4) is 0 Å². The predicted octanol–water partition coefficient (Wildman–Crippen LogP) is 3.16. The fourth-order valence-corrected chi connectivity index (χ4v) is 2.97. The summed E-state index contributed by atoms with van der Waals surface area (Å²) in [4.78, 5) is 0.482. The van der Waals surface area contributed by atoms with Crippen LogP contribution >= 0.6 is 0 Å². The molecule has 2 N–H and O–H groups in total. The van der Waals surface area contributed by atoms with Gasteiger partial charge in [-0.1, -0.05) is 6.07 Å². The van der Waals surface area contributed by atoms with E-state index < -0.39 is 22.4 Å². The van der Waals surface area contributed by atoms with Gasteiger partial charge in [0.25, 0.3) is 0 Å². The van der Waals surface area contributed by atoms with Crippen molar-refractivity contribution in [2.24, 2.45) is 0 Å². The van der Waals surface area contributed by atoms with Gasteiger partial charge in [0.1, 0.15) is 11.6 Å². The molecule has 100 valence electrons. The smallest absolute Gasteiger partial charge is 0.126 e. The highest BCUT2D eigenvalue weighted by Gasteiger charge is 2.10. The van der Waals surface area contributed by atoms with Crippen LogP contribution in [0.4, 0.5) is 14.5 Å². The lowest BCUT2D eigenvalue weighted by Gasteiger charge is -2.07. The maximum Gasteiger partial charge on any atom is 0.126 e. The summed E-state index contributed by atoms with van der Waals surface area (Å²) in [7, 11) is -1.43. The molecular formula is C14H13F2NOS. The average molecular weight is 281 g/mol. The number of nitrogens with two attached hydrogens (primary N) is 1. The van der Waals surface area contributed by atoms with E-state index in [9.17, 15) is 13.0 Å². The molecule has 0 aliphatic heterocycles. The monoisotopic (exact) mass is 281 g/mol.